The Bertz CT molecular complexity index is 1590. The number of likely N-dealkylation sites (tertiary alicyclic amines) is 1. The number of nitrogens with two attached hydrogens (primary N) is 2. The van der Waals surface area contributed by atoms with E-state index in [2.05, 4.69) is 36.6 Å². The van der Waals surface area contributed by atoms with Gasteiger partial charge in [-0.05, 0) is 57.1 Å². The van der Waals surface area contributed by atoms with Crippen molar-refractivity contribution < 1.29 is 38.7 Å². The van der Waals surface area contributed by atoms with Crippen molar-refractivity contribution in [2.75, 3.05) is 19.6 Å². The number of aromatic amines is 1. The number of carboxylic acids is 1. The first-order valence-corrected chi connectivity index (χ1v) is 18.7. The lowest BCUT2D eigenvalue weighted by atomic mass is 10.0. The molecule has 3 rings (SSSR count). The second-order valence-electron chi connectivity index (χ2n) is 14.2. The van der Waals surface area contributed by atoms with E-state index in [0.717, 1.165) is 5.56 Å². The van der Waals surface area contributed by atoms with Gasteiger partial charge in [0.05, 0.1) is 18.9 Å². The van der Waals surface area contributed by atoms with E-state index in [0.29, 0.717) is 44.3 Å². The number of amides is 6. The molecule has 1 saturated heterocycles. The lowest BCUT2D eigenvalue weighted by Gasteiger charge is -2.28. The summed E-state index contributed by atoms with van der Waals surface area (Å²) in [6.07, 6.45) is 5.80. The summed E-state index contributed by atoms with van der Waals surface area (Å²) in [5.41, 5.74) is 12.8. The molecular formula is C37H56N10O8. The zero-order chi connectivity index (χ0) is 40.5. The average molecular weight is 769 g/mol. The van der Waals surface area contributed by atoms with Crippen LogP contribution < -0.4 is 38.1 Å². The number of hydrogen-bond acceptors (Lipinski definition) is 10. The van der Waals surface area contributed by atoms with Crippen LogP contribution in [0.15, 0.2) is 42.9 Å². The summed E-state index contributed by atoms with van der Waals surface area (Å²) in [4.78, 5) is 99.5. The van der Waals surface area contributed by atoms with Crippen molar-refractivity contribution in [3.8, 4) is 0 Å². The van der Waals surface area contributed by atoms with Crippen LogP contribution >= 0.6 is 0 Å². The second kappa shape index (κ2) is 22.1. The quantitative estimate of drug-likeness (QED) is 0.0645. The number of hydrogen-bond donors (Lipinski definition) is 9. The molecule has 0 unspecified atom stereocenters. The van der Waals surface area contributed by atoms with Gasteiger partial charge in [0.1, 0.15) is 30.2 Å². The van der Waals surface area contributed by atoms with Crippen LogP contribution in [0.4, 0.5) is 0 Å². The summed E-state index contributed by atoms with van der Waals surface area (Å²) in [6.45, 7) is 5.32. The maximum Gasteiger partial charge on any atom is 0.326 e. The summed E-state index contributed by atoms with van der Waals surface area (Å²) < 4.78 is 0. The summed E-state index contributed by atoms with van der Waals surface area (Å²) in [7, 11) is 0. The lowest BCUT2D eigenvalue weighted by molar-refractivity contribution is -0.149. The molecule has 0 saturated carbocycles. The van der Waals surface area contributed by atoms with E-state index in [4.69, 9.17) is 11.5 Å². The van der Waals surface area contributed by atoms with Crippen molar-refractivity contribution in [1.82, 2.24) is 41.5 Å². The smallest absolute Gasteiger partial charge is 0.326 e. The molecule has 55 heavy (non-hydrogen) atoms. The molecule has 1 aliphatic heterocycles. The van der Waals surface area contributed by atoms with Crippen molar-refractivity contribution in [1.29, 1.82) is 0 Å². The molecule has 2 aromatic rings. The third-order valence-electron chi connectivity index (χ3n) is 9.17. The Morgan fingerprint density at radius 3 is 2.22 bits per heavy atom. The number of benzene rings is 1. The van der Waals surface area contributed by atoms with E-state index in [1.54, 1.807) is 30.3 Å². The minimum absolute atomic E-state index is 0.000832. The molecule has 6 amide bonds. The summed E-state index contributed by atoms with van der Waals surface area (Å²) in [5.74, 6) is -4.92. The number of unbranched alkanes of at least 4 members (excludes halogenated alkanes) is 1. The van der Waals surface area contributed by atoms with Crippen molar-refractivity contribution in [3.63, 3.8) is 0 Å². The van der Waals surface area contributed by atoms with Crippen molar-refractivity contribution in [3.05, 3.63) is 54.1 Å². The highest BCUT2D eigenvalue weighted by Gasteiger charge is 2.38. The first kappa shape index (κ1) is 44.0. The Balaban J connectivity index is 1.64. The molecule has 2 heterocycles. The Labute approximate surface area is 320 Å². The van der Waals surface area contributed by atoms with E-state index in [1.165, 1.54) is 24.3 Å². The van der Waals surface area contributed by atoms with E-state index >= 15 is 0 Å². The Morgan fingerprint density at radius 2 is 1.58 bits per heavy atom. The predicted molar refractivity (Wildman–Crippen MR) is 202 cm³/mol. The number of H-pyrrole nitrogens is 1. The van der Waals surface area contributed by atoms with Crippen LogP contribution in [0, 0.1) is 5.92 Å². The van der Waals surface area contributed by atoms with Gasteiger partial charge in [-0.1, -0.05) is 50.6 Å². The summed E-state index contributed by atoms with van der Waals surface area (Å²) >= 11 is 0. The first-order valence-electron chi connectivity index (χ1n) is 18.7. The molecule has 302 valence electrons. The molecule has 6 atom stereocenters. The first-order chi connectivity index (χ1) is 26.2. The zero-order valence-electron chi connectivity index (χ0n) is 31.7. The van der Waals surface area contributed by atoms with Gasteiger partial charge in [0, 0.05) is 31.3 Å². The van der Waals surface area contributed by atoms with Gasteiger partial charge < -0.3 is 53.0 Å². The van der Waals surface area contributed by atoms with Gasteiger partial charge in [0.25, 0.3) is 0 Å². The molecular weight excluding hydrogens is 712 g/mol. The number of aromatic nitrogens is 2. The SMILES string of the molecule is CC(C)C[C@H](NC(=O)[C@@H](N)CCCCN)C(=O)N[C@@H](Cc1cnc[nH]1)C(=O)NCC(=O)N[C@@H](C)C(=O)N[C@@H](Cc1ccccc1)C(=O)N1CCC[C@H]1C(=O)O. The number of aliphatic carboxylic acids is 1. The number of nitrogens with zero attached hydrogens (tertiary/aromatic N) is 2. The normalized spacial score (nSPS) is 16.6. The number of imidazole rings is 1. The van der Waals surface area contributed by atoms with Crippen LogP contribution in [0.1, 0.15) is 70.6 Å². The topological polar surface area (TPSA) is 284 Å². The molecule has 1 fully saturated rings. The van der Waals surface area contributed by atoms with Crippen LogP contribution in [0.25, 0.3) is 0 Å². The van der Waals surface area contributed by atoms with Crippen LogP contribution in [-0.2, 0) is 46.4 Å². The fourth-order valence-electron chi connectivity index (χ4n) is 6.20. The second-order valence-corrected chi connectivity index (χ2v) is 14.2. The van der Waals surface area contributed by atoms with Crippen molar-refractivity contribution >= 4 is 41.4 Å². The maximum absolute atomic E-state index is 13.5. The number of carbonyl (C=O) groups excluding carboxylic acids is 6. The third-order valence-corrected chi connectivity index (χ3v) is 9.17. The summed E-state index contributed by atoms with van der Waals surface area (Å²) in [5, 5.41) is 22.7. The van der Waals surface area contributed by atoms with E-state index in [9.17, 15) is 38.7 Å². The predicted octanol–water partition coefficient (Wildman–Crippen LogP) is -1.15. The molecule has 0 radical (unpaired) electrons. The minimum atomic E-state index is -1.18. The molecule has 0 aliphatic carbocycles. The molecule has 0 bridgehead atoms. The lowest BCUT2D eigenvalue weighted by Crippen LogP contribution is -2.58. The van der Waals surface area contributed by atoms with Gasteiger partial charge in [-0.25, -0.2) is 9.78 Å². The van der Waals surface area contributed by atoms with Crippen LogP contribution in [0.5, 0.6) is 0 Å². The number of rotatable bonds is 22. The Kier molecular flexibility index (Phi) is 17.7. The van der Waals surface area contributed by atoms with Crippen molar-refractivity contribution in [2.45, 2.75) is 108 Å². The summed E-state index contributed by atoms with van der Waals surface area (Å²) in [6, 6.07) is 2.66. The number of nitrogens with one attached hydrogen (secondary N) is 6. The van der Waals surface area contributed by atoms with Gasteiger partial charge in [-0.2, -0.15) is 0 Å². The molecule has 1 aromatic carbocycles. The molecule has 1 aliphatic rings. The molecule has 0 spiro atoms. The van der Waals surface area contributed by atoms with Crippen LogP contribution in [0.3, 0.4) is 0 Å². The fraction of sp³-hybridized carbons (Fsp3) is 0.568. The largest absolute Gasteiger partial charge is 0.480 e. The number of carboxylic acid groups (broad SMARTS) is 1. The number of carbonyl (C=O) groups is 7. The van der Waals surface area contributed by atoms with Crippen LogP contribution in [0.2, 0.25) is 0 Å². The van der Waals surface area contributed by atoms with Gasteiger partial charge in [-0.3, -0.25) is 28.8 Å². The van der Waals surface area contributed by atoms with Crippen LogP contribution in [-0.4, -0.2) is 117 Å². The zero-order valence-corrected chi connectivity index (χ0v) is 31.7. The molecule has 11 N–H and O–H groups in total. The molecule has 1 aromatic heterocycles. The van der Waals surface area contributed by atoms with Crippen molar-refractivity contribution in [2.24, 2.45) is 17.4 Å². The molecule has 18 heteroatoms. The van der Waals surface area contributed by atoms with Gasteiger partial charge in [-0.15, -0.1) is 0 Å². The molecule has 18 nitrogen and oxygen atoms in total. The third kappa shape index (κ3) is 14.4. The van der Waals surface area contributed by atoms with E-state index in [1.807, 2.05) is 13.8 Å². The standard InChI is InChI=1S/C37H56N10O8/c1-22(2)16-27(44-33(50)26(39)12-7-8-14-38)35(52)45-28(18-25-19-40-21-42-25)34(51)41-20-31(48)43-23(3)32(49)46-29(17-24-10-5-4-6-11-24)36(53)47-15-9-13-30(47)37(54)55/h4-6,10-11,19,21-23,26-30H,7-9,12-18,20,38-39H2,1-3H3,(H,40,42)(H,41,51)(H,43,48)(H,44,50)(H,45,52)(H,46,49)(H,54,55)/t23-,26-,27-,28-,29-,30-/m0/s1. The van der Waals surface area contributed by atoms with E-state index < -0.39 is 84.2 Å². The minimum Gasteiger partial charge on any atom is -0.480 e. The monoisotopic (exact) mass is 768 g/mol. The average Bonchev–Trinajstić information content (AvgIpc) is 3.86. The Hall–Kier alpha value is -5.36. The maximum atomic E-state index is 13.5. The highest BCUT2D eigenvalue weighted by atomic mass is 16.4. The van der Waals surface area contributed by atoms with E-state index in [-0.39, 0.29) is 31.7 Å². The van der Waals surface area contributed by atoms with Gasteiger partial charge in [0.15, 0.2) is 0 Å². The Morgan fingerprint density at radius 1 is 0.891 bits per heavy atom. The highest BCUT2D eigenvalue weighted by Crippen LogP contribution is 2.20. The van der Waals surface area contributed by atoms with Gasteiger partial charge in [0.2, 0.25) is 35.4 Å². The fourth-order valence-corrected chi connectivity index (χ4v) is 6.20. The van der Waals surface area contributed by atoms with Gasteiger partial charge >= 0.3 is 5.97 Å². The highest BCUT2D eigenvalue weighted by molar-refractivity contribution is 5.96.